The number of carboxylic acids is 1. The van der Waals surface area contributed by atoms with Crippen LogP contribution in [-0.4, -0.2) is 11.1 Å². The molecule has 0 aromatic carbocycles. The van der Waals surface area contributed by atoms with Gasteiger partial charge in [0.05, 0.1) is 5.41 Å². The molecule has 1 aromatic rings. The molecule has 1 aliphatic carbocycles. The zero-order valence-corrected chi connectivity index (χ0v) is 13.6. The summed E-state index contributed by atoms with van der Waals surface area (Å²) < 4.78 is 0. The minimum Gasteiger partial charge on any atom is -0.481 e. The molecule has 2 rings (SSSR count). The van der Waals surface area contributed by atoms with Gasteiger partial charge < -0.3 is 5.11 Å². The van der Waals surface area contributed by atoms with E-state index in [-0.39, 0.29) is 0 Å². The SMILES string of the molecule is CC(C)(C)C1CCC(CCc2ccsc2)(C(=O)O)CC1. The molecule has 0 bridgehead atoms. The number of carboxylic acid groups (broad SMARTS) is 1. The summed E-state index contributed by atoms with van der Waals surface area (Å²) in [6, 6.07) is 2.11. The van der Waals surface area contributed by atoms with Crippen molar-refractivity contribution in [2.45, 2.75) is 59.3 Å². The van der Waals surface area contributed by atoms with Gasteiger partial charge in [0.2, 0.25) is 0 Å². The summed E-state index contributed by atoms with van der Waals surface area (Å²) in [6.45, 7) is 6.82. The van der Waals surface area contributed by atoms with E-state index in [0.717, 1.165) is 38.5 Å². The second-order valence-corrected chi connectivity index (χ2v) is 8.14. The fourth-order valence-electron chi connectivity index (χ4n) is 3.43. The van der Waals surface area contributed by atoms with Gasteiger partial charge in [-0.3, -0.25) is 4.79 Å². The second-order valence-electron chi connectivity index (χ2n) is 7.36. The van der Waals surface area contributed by atoms with Crippen LogP contribution in [0.2, 0.25) is 0 Å². The fraction of sp³-hybridized carbons (Fsp3) is 0.706. The van der Waals surface area contributed by atoms with Gasteiger partial charge in [-0.05, 0) is 72.2 Å². The normalized spacial score (nSPS) is 27.4. The van der Waals surface area contributed by atoms with Gasteiger partial charge in [-0.15, -0.1) is 0 Å². The summed E-state index contributed by atoms with van der Waals surface area (Å²) in [4.78, 5) is 11.8. The van der Waals surface area contributed by atoms with E-state index in [1.54, 1.807) is 11.3 Å². The quantitative estimate of drug-likeness (QED) is 0.849. The van der Waals surface area contributed by atoms with Crippen molar-refractivity contribution < 1.29 is 9.90 Å². The number of aliphatic carboxylic acids is 1. The fourth-order valence-corrected chi connectivity index (χ4v) is 4.13. The average molecular weight is 294 g/mol. The lowest BCUT2D eigenvalue weighted by Crippen LogP contribution is -2.38. The number of thiophene rings is 1. The smallest absolute Gasteiger partial charge is 0.309 e. The minimum atomic E-state index is -0.583. The first kappa shape index (κ1) is 15.6. The lowest BCUT2D eigenvalue weighted by Gasteiger charge is -2.42. The van der Waals surface area contributed by atoms with E-state index in [0.29, 0.717) is 11.3 Å². The summed E-state index contributed by atoms with van der Waals surface area (Å²) in [5.41, 5.74) is 1.11. The molecule has 112 valence electrons. The van der Waals surface area contributed by atoms with Crippen molar-refractivity contribution in [3.63, 3.8) is 0 Å². The van der Waals surface area contributed by atoms with Crippen LogP contribution < -0.4 is 0 Å². The third-order valence-corrected chi connectivity index (χ3v) is 5.83. The standard InChI is InChI=1S/C17H26O2S/c1-16(2,3)14-5-9-17(10-6-14,15(18)19)8-4-13-7-11-20-12-13/h7,11-12,14H,4-6,8-10H2,1-3H3,(H,18,19). The predicted octanol–water partition coefficient (Wildman–Crippen LogP) is 4.99. The van der Waals surface area contributed by atoms with Crippen LogP contribution in [0.3, 0.4) is 0 Å². The maximum absolute atomic E-state index is 11.8. The Labute approximate surface area is 126 Å². The number of hydrogen-bond donors (Lipinski definition) is 1. The molecule has 1 heterocycles. The van der Waals surface area contributed by atoms with Crippen molar-refractivity contribution >= 4 is 17.3 Å². The highest BCUT2D eigenvalue weighted by Crippen LogP contribution is 2.47. The van der Waals surface area contributed by atoms with E-state index >= 15 is 0 Å². The highest BCUT2D eigenvalue weighted by molar-refractivity contribution is 7.07. The van der Waals surface area contributed by atoms with Gasteiger partial charge in [0.25, 0.3) is 0 Å². The van der Waals surface area contributed by atoms with E-state index in [1.165, 1.54) is 5.56 Å². The zero-order valence-electron chi connectivity index (χ0n) is 12.8. The molecule has 3 heteroatoms. The van der Waals surface area contributed by atoms with Gasteiger partial charge in [-0.2, -0.15) is 11.3 Å². The Bertz CT molecular complexity index is 434. The first-order chi connectivity index (χ1) is 9.33. The van der Waals surface area contributed by atoms with Crippen LogP contribution in [0.15, 0.2) is 16.8 Å². The van der Waals surface area contributed by atoms with Gasteiger partial charge >= 0.3 is 5.97 Å². The van der Waals surface area contributed by atoms with Gasteiger partial charge in [-0.1, -0.05) is 20.8 Å². The molecule has 1 aromatic heterocycles. The van der Waals surface area contributed by atoms with E-state index in [2.05, 4.69) is 37.6 Å². The predicted molar refractivity (Wildman–Crippen MR) is 84.1 cm³/mol. The summed E-state index contributed by atoms with van der Waals surface area (Å²) in [6.07, 6.45) is 5.48. The van der Waals surface area contributed by atoms with Crippen LogP contribution in [0.5, 0.6) is 0 Å². The Morgan fingerprint density at radius 2 is 2.05 bits per heavy atom. The monoisotopic (exact) mass is 294 g/mol. The Morgan fingerprint density at radius 3 is 2.50 bits per heavy atom. The van der Waals surface area contributed by atoms with Gasteiger partial charge in [0.1, 0.15) is 0 Å². The first-order valence-corrected chi connectivity index (χ1v) is 8.52. The molecule has 0 atom stereocenters. The molecule has 0 amide bonds. The first-order valence-electron chi connectivity index (χ1n) is 7.58. The number of hydrogen-bond acceptors (Lipinski definition) is 2. The third-order valence-electron chi connectivity index (χ3n) is 5.09. The van der Waals surface area contributed by atoms with Crippen LogP contribution in [-0.2, 0) is 11.2 Å². The Hall–Kier alpha value is -0.830. The Balaban J connectivity index is 2.00. The number of aryl methyl sites for hydroxylation is 1. The summed E-state index contributed by atoms with van der Waals surface area (Å²) in [5.74, 6) is 0.0798. The third kappa shape index (κ3) is 3.43. The minimum absolute atomic E-state index is 0.304. The van der Waals surface area contributed by atoms with Crippen molar-refractivity contribution in [3.8, 4) is 0 Å². The molecular weight excluding hydrogens is 268 g/mol. The van der Waals surface area contributed by atoms with E-state index in [9.17, 15) is 9.90 Å². The van der Waals surface area contributed by atoms with Crippen molar-refractivity contribution in [3.05, 3.63) is 22.4 Å². The molecule has 20 heavy (non-hydrogen) atoms. The van der Waals surface area contributed by atoms with Gasteiger partial charge in [-0.25, -0.2) is 0 Å². The molecule has 1 saturated carbocycles. The lowest BCUT2D eigenvalue weighted by atomic mass is 9.62. The number of rotatable bonds is 4. The maximum atomic E-state index is 11.8. The molecule has 1 aliphatic rings. The molecule has 0 unspecified atom stereocenters. The van der Waals surface area contributed by atoms with Crippen LogP contribution in [0, 0.1) is 16.7 Å². The maximum Gasteiger partial charge on any atom is 0.309 e. The molecule has 0 radical (unpaired) electrons. The Morgan fingerprint density at radius 1 is 1.40 bits per heavy atom. The largest absolute Gasteiger partial charge is 0.481 e. The molecule has 0 aliphatic heterocycles. The van der Waals surface area contributed by atoms with Crippen molar-refractivity contribution in [2.75, 3.05) is 0 Å². The topological polar surface area (TPSA) is 37.3 Å². The number of carbonyl (C=O) groups is 1. The molecule has 2 nitrogen and oxygen atoms in total. The summed E-state index contributed by atoms with van der Waals surface area (Å²) >= 11 is 1.69. The molecule has 0 spiro atoms. The van der Waals surface area contributed by atoms with Gasteiger partial charge in [0.15, 0.2) is 0 Å². The van der Waals surface area contributed by atoms with Crippen molar-refractivity contribution in [1.82, 2.24) is 0 Å². The van der Waals surface area contributed by atoms with E-state index in [1.807, 2.05) is 0 Å². The highest BCUT2D eigenvalue weighted by atomic mass is 32.1. The summed E-state index contributed by atoms with van der Waals surface area (Å²) in [5, 5.41) is 13.9. The molecule has 0 saturated heterocycles. The van der Waals surface area contributed by atoms with Crippen LogP contribution >= 0.6 is 11.3 Å². The summed E-state index contributed by atoms with van der Waals surface area (Å²) in [7, 11) is 0. The van der Waals surface area contributed by atoms with E-state index < -0.39 is 11.4 Å². The molecule has 1 fully saturated rings. The zero-order chi connectivity index (χ0) is 14.8. The molecular formula is C17H26O2S. The second kappa shape index (κ2) is 5.88. The lowest BCUT2D eigenvalue weighted by molar-refractivity contribution is -0.152. The average Bonchev–Trinajstić information content (AvgIpc) is 2.88. The van der Waals surface area contributed by atoms with E-state index in [4.69, 9.17) is 0 Å². The van der Waals surface area contributed by atoms with Crippen molar-refractivity contribution in [2.24, 2.45) is 16.7 Å². The van der Waals surface area contributed by atoms with Crippen LogP contribution in [0.25, 0.3) is 0 Å². The van der Waals surface area contributed by atoms with Gasteiger partial charge in [0, 0.05) is 0 Å². The van der Waals surface area contributed by atoms with Crippen LogP contribution in [0.1, 0.15) is 58.4 Å². The Kier molecular flexibility index (Phi) is 4.58. The molecule has 1 N–H and O–H groups in total. The highest BCUT2D eigenvalue weighted by Gasteiger charge is 2.43. The van der Waals surface area contributed by atoms with Crippen molar-refractivity contribution in [1.29, 1.82) is 0 Å². The van der Waals surface area contributed by atoms with Crippen LogP contribution in [0.4, 0.5) is 0 Å².